The topological polar surface area (TPSA) is 31.0 Å². The number of aromatic nitrogens is 2. The maximum atomic E-state index is 6.81. The number of furan rings is 1. The number of benzene rings is 6. The summed E-state index contributed by atoms with van der Waals surface area (Å²) in [5.74, 6) is 1.49. The van der Waals surface area contributed by atoms with E-state index in [2.05, 4.69) is 154 Å². The summed E-state index contributed by atoms with van der Waals surface area (Å²) in [4.78, 5) is 5.35. The zero-order valence-electron chi connectivity index (χ0n) is 26.9. The SMILES string of the molecule is CC(C)c1cc(-c2ccccc2)cc(C(C)C)c1-n1c(-c2cccc3c2oc2cc4sc5ccccc5c4cc23)nc2ccccc21. The van der Waals surface area contributed by atoms with E-state index in [4.69, 9.17) is 9.40 Å². The van der Waals surface area contributed by atoms with Gasteiger partial charge in [-0.1, -0.05) is 100 Å². The summed E-state index contributed by atoms with van der Waals surface area (Å²) in [7, 11) is 0. The number of rotatable bonds is 5. The van der Waals surface area contributed by atoms with Crippen LogP contribution in [0.3, 0.4) is 0 Å². The van der Waals surface area contributed by atoms with E-state index in [1.54, 1.807) is 0 Å². The smallest absolute Gasteiger partial charge is 0.149 e. The highest BCUT2D eigenvalue weighted by Gasteiger charge is 2.25. The largest absolute Gasteiger partial charge is 0.455 e. The van der Waals surface area contributed by atoms with Crippen LogP contribution in [-0.2, 0) is 0 Å². The second-order valence-corrected chi connectivity index (χ2v) is 14.2. The lowest BCUT2D eigenvalue weighted by Gasteiger charge is -2.24. The highest BCUT2D eigenvalue weighted by molar-refractivity contribution is 7.25. The molecule has 0 aliphatic carbocycles. The van der Waals surface area contributed by atoms with Crippen molar-refractivity contribution in [3.8, 4) is 28.2 Å². The van der Waals surface area contributed by atoms with Crippen molar-refractivity contribution in [1.29, 1.82) is 0 Å². The van der Waals surface area contributed by atoms with Crippen molar-refractivity contribution in [3.63, 3.8) is 0 Å². The van der Waals surface area contributed by atoms with E-state index < -0.39 is 0 Å². The second kappa shape index (κ2) is 10.7. The number of hydrogen-bond acceptors (Lipinski definition) is 3. The molecule has 0 atom stereocenters. The van der Waals surface area contributed by atoms with E-state index in [1.807, 2.05) is 11.3 Å². The van der Waals surface area contributed by atoms with Gasteiger partial charge in [0, 0.05) is 30.9 Å². The Bertz CT molecular complexity index is 2610. The predicted molar refractivity (Wildman–Crippen MR) is 200 cm³/mol. The Kier molecular flexibility index (Phi) is 6.38. The fraction of sp³-hybridized carbons (Fsp3) is 0.140. The van der Waals surface area contributed by atoms with Gasteiger partial charge in [-0.3, -0.25) is 4.57 Å². The van der Waals surface area contributed by atoms with Crippen LogP contribution in [0.2, 0.25) is 0 Å². The molecule has 0 aliphatic heterocycles. The van der Waals surface area contributed by atoms with Crippen molar-refractivity contribution < 1.29 is 4.42 Å². The number of thiophene rings is 1. The van der Waals surface area contributed by atoms with E-state index in [0.29, 0.717) is 11.8 Å². The molecule has 6 aromatic carbocycles. The first-order valence-electron chi connectivity index (χ1n) is 16.4. The molecule has 47 heavy (non-hydrogen) atoms. The summed E-state index contributed by atoms with van der Waals surface area (Å²) in [6.07, 6.45) is 0. The number of hydrogen-bond donors (Lipinski definition) is 0. The number of fused-ring (bicyclic) bond motifs is 7. The van der Waals surface area contributed by atoms with Crippen molar-refractivity contribution in [2.45, 2.75) is 39.5 Å². The first kappa shape index (κ1) is 28.1. The molecule has 0 amide bonds. The van der Waals surface area contributed by atoms with E-state index >= 15 is 0 Å². The maximum absolute atomic E-state index is 6.81. The normalized spacial score (nSPS) is 12.2. The Balaban J connectivity index is 1.35. The molecular weight excluding hydrogens is 593 g/mol. The number of imidazole rings is 1. The van der Waals surface area contributed by atoms with E-state index in [0.717, 1.165) is 44.4 Å². The molecule has 0 aliphatic rings. The molecule has 0 bridgehead atoms. The Morgan fingerprint density at radius 2 is 1.30 bits per heavy atom. The van der Waals surface area contributed by atoms with Crippen LogP contribution in [0.25, 0.3) is 81.3 Å². The molecule has 9 rings (SSSR count). The number of nitrogens with zero attached hydrogens (tertiary/aromatic N) is 2. The Morgan fingerprint density at radius 3 is 2.09 bits per heavy atom. The molecule has 0 fully saturated rings. The van der Waals surface area contributed by atoms with Gasteiger partial charge in [0.15, 0.2) is 0 Å². The molecular formula is C43H34N2OS. The molecule has 9 aromatic rings. The third-order valence-electron chi connectivity index (χ3n) is 9.54. The fourth-order valence-corrected chi connectivity index (χ4v) is 8.36. The quantitative estimate of drug-likeness (QED) is 0.190. The van der Waals surface area contributed by atoms with Crippen molar-refractivity contribution in [3.05, 3.63) is 132 Å². The first-order chi connectivity index (χ1) is 23.0. The van der Waals surface area contributed by atoms with Crippen LogP contribution in [-0.4, -0.2) is 9.55 Å². The van der Waals surface area contributed by atoms with Crippen molar-refractivity contribution in [2.75, 3.05) is 0 Å². The molecule has 0 saturated heterocycles. The van der Waals surface area contributed by atoms with Gasteiger partial charge >= 0.3 is 0 Å². The summed E-state index contributed by atoms with van der Waals surface area (Å²) in [6, 6.07) is 43.7. The van der Waals surface area contributed by atoms with Gasteiger partial charge in [0.25, 0.3) is 0 Å². The van der Waals surface area contributed by atoms with Crippen LogP contribution in [0.5, 0.6) is 0 Å². The maximum Gasteiger partial charge on any atom is 0.149 e. The molecule has 0 spiro atoms. The van der Waals surface area contributed by atoms with Crippen LogP contribution in [0, 0.1) is 0 Å². The lowest BCUT2D eigenvalue weighted by Crippen LogP contribution is -2.09. The van der Waals surface area contributed by atoms with Crippen LogP contribution in [0.1, 0.15) is 50.7 Å². The van der Waals surface area contributed by atoms with Crippen molar-refractivity contribution in [1.82, 2.24) is 9.55 Å². The zero-order chi connectivity index (χ0) is 31.8. The molecule has 3 heterocycles. The molecule has 0 saturated carbocycles. The monoisotopic (exact) mass is 626 g/mol. The highest BCUT2D eigenvalue weighted by Crippen LogP contribution is 2.44. The molecule has 4 heteroatoms. The van der Waals surface area contributed by atoms with Crippen LogP contribution >= 0.6 is 11.3 Å². The first-order valence-corrected chi connectivity index (χ1v) is 17.3. The molecule has 0 unspecified atom stereocenters. The summed E-state index contributed by atoms with van der Waals surface area (Å²) < 4.78 is 11.8. The highest BCUT2D eigenvalue weighted by atomic mass is 32.1. The standard InChI is InChI=1S/C43H34N2OS/c1-25(2)32-21-28(27-13-6-5-7-14-27)22-33(26(3)4)41(32)45-37-19-10-9-18-36(37)44-43(45)31-17-12-16-30-34-23-35-29-15-8-11-20-39(29)47-40(35)24-38(34)46-42(30)31/h5-26H,1-4H3. The Labute approximate surface area is 277 Å². The third-order valence-corrected chi connectivity index (χ3v) is 10.7. The summed E-state index contributed by atoms with van der Waals surface area (Å²) in [5, 5.41) is 4.82. The Morgan fingerprint density at radius 1 is 0.596 bits per heavy atom. The lowest BCUT2D eigenvalue weighted by molar-refractivity contribution is 0.670. The summed E-state index contributed by atoms with van der Waals surface area (Å²) in [5.41, 5.74) is 11.2. The van der Waals surface area contributed by atoms with E-state index in [9.17, 15) is 0 Å². The van der Waals surface area contributed by atoms with Gasteiger partial charge in [-0.15, -0.1) is 11.3 Å². The van der Waals surface area contributed by atoms with Gasteiger partial charge in [-0.05, 0) is 82.6 Å². The average Bonchev–Trinajstić information content (AvgIpc) is 3.77. The minimum Gasteiger partial charge on any atom is -0.455 e. The number of para-hydroxylation sites is 3. The van der Waals surface area contributed by atoms with E-state index in [1.165, 1.54) is 48.1 Å². The summed E-state index contributed by atoms with van der Waals surface area (Å²) >= 11 is 1.82. The van der Waals surface area contributed by atoms with Gasteiger partial charge in [-0.25, -0.2) is 4.98 Å². The minimum absolute atomic E-state index is 0.296. The van der Waals surface area contributed by atoms with Crippen LogP contribution in [0.4, 0.5) is 0 Å². The lowest BCUT2D eigenvalue weighted by atomic mass is 9.88. The van der Waals surface area contributed by atoms with Crippen molar-refractivity contribution >= 4 is 64.5 Å². The van der Waals surface area contributed by atoms with Crippen LogP contribution < -0.4 is 0 Å². The molecule has 0 N–H and O–H groups in total. The third kappa shape index (κ3) is 4.35. The second-order valence-electron chi connectivity index (χ2n) is 13.2. The average molecular weight is 627 g/mol. The van der Waals surface area contributed by atoms with Gasteiger partial charge in [-0.2, -0.15) is 0 Å². The molecule has 3 aromatic heterocycles. The molecule has 0 radical (unpaired) electrons. The molecule has 3 nitrogen and oxygen atoms in total. The van der Waals surface area contributed by atoms with E-state index in [-0.39, 0.29) is 0 Å². The van der Waals surface area contributed by atoms with Gasteiger partial charge < -0.3 is 4.42 Å². The minimum atomic E-state index is 0.296. The zero-order valence-corrected chi connectivity index (χ0v) is 27.7. The Hall–Kier alpha value is -5.19. The summed E-state index contributed by atoms with van der Waals surface area (Å²) in [6.45, 7) is 9.19. The van der Waals surface area contributed by atoms with Gasteiger partial charge in [0.2, 0.25) is 0 Å². The fourth-order valence-electron chi connectivity index (χ4n) is 7.24. The van der Waals surface area contributed by atoms with Crippen molar-refractivity contribution in [2.24, 2.45) is 0 Å². The van der Waals surface area contributed by atoms with Gasteiger partial charge in [0.05, 0.1) is 22.3 Å². The van der Waals surface area contributed by atoms with Gasteiger partial charge in [0.1, 0.15) is 17.0 Å². The predicted octanol–water partition coefficient (Wildman–Crippen LogP) is 12.9. The molecule has 228 valence electrons. The van der Waals surface area contributed by atoms with Crippen LogP contribution in [0.15, 0.2) is 126 Å².